The number of tetrazole rings is 1. The lowest BCUT2D eigenvalue weighted by Crippen LogP contribution is -2.29. The van der Waals surface area contributed by atoms with E-state index in [1.807, 2.05) is 55.5 Å². The summed E-state index contributed by atoms with van der Waals surface area (Å²) in [5.41, 5.74) is 4.56. The van der Waals surface area contributed by atoms with Crippen molar-refractivity contribution in [3.63, 3.8) is 0 Å². The van der Waals surface area contributed by atoms with Crippen LogP contribution in [0.2, 0.25) is 0 Å². The van der Waals surface area contributed by atoms with Gasteiger partial charge in [0, 0.05) is 23.9 Å². The Morgan fingerprint density at radius 1 is 1.00 bits per heavy atom. The van der Waals surface area contributed by atoms with Crippen molar-refractivity contribution >= 4 is 5.91 Å². The lowest BCUT2D eigenvalue weighted by Gasteiger charge is -2.10. The molecule has 2 aromatic carbocycles. The minimum atomic E-state index is -0.258. The molecule has 0 aliphatic heterocycles. The zero-order valence-corrected chi connectivity index (χ0v) is 19.0. The number of nitrogens with zero attached hydrogens (tertiary/aromatic N) is 5. The summed E-state index contributed by atoms with van der Waals surface area (Å²) in [5.74, 6) is 0.396. The van der Waals surface area contributed by atoms with Crippen molar-refractivity contribution in [2.24, 2.45) is 0 Å². The maximum atomic E-state index is 13.0. The first kappa shape index (κ1) is 22.4. The molecule has 0 amide bonds. The average Bonchev–Trinajstić information content (AvgIpc) is 3.48. The number of nitrogens with one attached hydrogen (secondary N) is 1. The summed E-state index contributed by atoms with van der Waals surface area (Å²) in [4.78, 5) is 25.4. The SMILES string of the molecule is CCCCc1cn(C(=O)CCC)c(=O)n1Cc1ccc(-c2ccccc2-c2nn[nH]n2)cc1. The molecular weight excluding hydrogens is 416 g/mol. The van der Waals surface area contributed by atoms with Crippen LogP contribution in [0.25, 0.3) is 22.5 Å². The molecule has 0 saturated carbocycles. The highest BCUT2D eigenvalue weighted by Gasteiger charge is 2.16. The Balaban J connectivity index is 1.63. The van der Waals surface area contributed by atoms with Gasteiger partial charge in [-0.25, -0.2) is 9.36 Å². The third-order valence-electron chi connectivity index (χ3n) is 5.70. The largest absolute Gasteiger partial charge is 0.335 e. The second kappa shape index (κ2) is 10.2. The van der Waals surface area contributed by atoms with Gasteiger partial charge in [-0.05, 0) is 41.2 Å². The van der Waals surface area contributed by atoms with E-state index in [1.54, 1.807) is 10.8 Å². The molecule has 0 bridgehead atoms. The molecule has 2 aromatic heterocycles. The van der Waals surface area contributed by atoms with Crippen LogP contribution in [0.4, 0.5) is 0 Å². The van der Waals surface area contributed by atoms with Crippen molar-refractivity contribution in [3.8, 4) is 22.5 Å². The van der Waals surface area contributed by atoms with Crippen molar-refractivity contribution in [1.82, 2.24) is 29.8 Å². The fourth-order valence-electron chi connectivity index (χ4n) is 3.94. The third-order valence-corrected chi connectivity index (χ3v) is 5.70. The van der Waals surface area contributed by atoms with Gasteiger partial charge in [0.25, 0.3) is 0 Å². The summed E-state index contributed by atoms with van der Waals surface area (Å²) >= 11 is 0. The molecule has 0 spiro atoms. The Bertz CT molecular complexity index is 1270. The van der Waals surface area contributed by atoms with Crippen LogP contribution >= 0.6 is 0 Å². The van der Waals surface area contributed by atoms with Crippen LogP contribution in [0, 0.1) is 0 Å². The Kier molecular flexibility index (Phi) is 6.92. The van der Waals surface area contributed by atoms with E-state index in [2.05, 4.69) is 27.5 Å². The number of benzene rings is 2. The maximum absolute atomic E-state index is 13.0. The van der Waals surface area contributed by atoms with Crippen LogP contribution in [0.5, 0.6) is 0 Å². The van der Waals surface area contributed by atoms with Gasteiger partial charge in [0.2, 0.25) is 11.7 Å². The van der Waals surface area contributed by atoms with E-state index in [4.69, 9.17) is 0 Å². The maximum Gasteiger partial charge on any atom is 0.335 e. The Morgan fingerprint density at radius 2 is 1.76 bits per heavy atom. The molecule has 4 aromatic rings. The summed E-state index contributed by atoms with van der Waals surface area (Å²) in [7, 11) is 0. The zero-order valence-electron chi connectivity index (χ0n) is 19.0. The summed E-state index contributed by atoms with van der Waals surface area (Å²) < 4.78 is 3.01. The van der Waals surface area contributed by atoms with Crippen molar-refractivity contribution in [1.29, 1.82) is 0 Å². The molecule has 4 rings (SSSR count). The molecule has 33 heavy (non-hydrogen) atoms. The average molecular weight is 445 g/mol. The van der Waals surface area contributed by atoms with E-state index >= 15 is 0 Å². The van der Waals surface area contributed by atoms with Gasteiger partial charge >= 0.3 is 5.69 Å². The van der Waals surface area contributed by atoms with Crippen LogP contribution in [-0.4, -0.2) is 35.7 Å². The number of unbranched alkanes of at least 4 members (excludes halogenated alkanes) is 1. The number of H-pyrrole nitrogens is 1. The van der Waals surface area contributed by atoms with Crippen LogP contribution in [0.3, 0.4) is 0 Å². The summed E-state index contributed by atoms with van der Waals surface area (Å²) in [6, 6.07) is 16.0. The zero-order chi connectivity index (χ0) is 23.2. The van der Waals surface area contributed by atoms with Gasteiger partial charge in [0.15, 0.2) is 0 Å². The van der Waals surface area contributed by atoms with Crippen molar-refractivity contribution in [2.75, 3.05) is 0 Å². The van der Waals surface area contributed by atoms with Gasteiger partial charge in [-0.2, -0.15) is 5.21 Å². The first-order valence-electron chi connectivity index (χ1n) is 11.4. The van der Waals surface area contributed by atoms with Crippen LogP contribution in [-0.2, 0) is 13.0 Å². The predicted octanol–water partition coefficient (Wildman–Crippen LogP) is 4.33. The second-order valence-corrected chi connectivity index (χ2v) is 8.08. The van der Waals surface area contributed by atoms with Crippen LogP contribution in [0.1, 0.15) is 55.6 Å². The van der Waals surface area contributed by atoms with E-state index in [1.165, 1.54) is 4.57 Å². The van der Waals surface area contributed by atoms with E-state index in [-0.39, 0.29) is 11.6 Å². The monoisotopic (exact) mass is 444 g/mol. The molecule has 1 N–H and O–H groups in total. The summed E-state index contributed by atoms with van der Waals surface area (Å²) in [6.07, 6.45) is 5.58. The van der Waals surface area contributed by atoms with Crippen LogP contribution < -0.4 is 5.69 Å². The molecule has 0 fully saturated rings. The number of hydrogen-bond acceptors (Lipinski definition) is 5. The Morgan fingerprint density at radius 3 is 2.42 bits per heavy atom. The van der Waals surface area contributed by atoms with E-state index in [9.17, 15) is 9.59 Å². The molecule has 0 aliphatic carbocycles. The first-order chi connectivity index (χ1) is 16.1. The number of aryl methyl sites for hydroxylation is 1. The molecule has 0 saturated heterocycles. The van der Waals surface area contributed by atoms with Gasteiger partial charge < -0.3 is 0 Å². The highest BCUT2D eigenvalue weighted by molar-refractivity contribution is 5.80. The number of aromatic amines is 1. The highest BCUT2D eigenvalue weighted by atomic mass is 16.2. The molecule has 2 heterocycles. The molecule has 0 unspecified atom stereocenters. The number of hydrogen-bond donors (Lipinski definition) is 1. The standard InChI is InChI=1S/C25H28N6O2/c1-3-5-9-20-17-31(23(32)8-4-2)25(33)30(20)16-18-12-14-19(15-13-18)21-10-6-7-11-22(21)24-26-28-29-27-24/h6-7,10-15,17H,3-5,8-9,16H2,1-2H3,(H,26,27,28,29). The third kappa shape index (κ3) is 4.84. The van der Waals surface area contributed by atoms with E-state index in [0.29, 0.717) is 25.2 Å². The molecule has 0 aliphatic rings. The normalized spacial score (nSPS) is 11.1. The van der Waals surface area contributed by atoms with Gasteiger partial charge in [-0.15, -0.1) is 10.2 Å². The van der Waals surface area contributed by atoms with Gasteiger partial charge in [-0.1, -0.05) is 68.8 Å². The number of imidazole rings is 1. The van der Waals surface area contributed by atoms with Crippen molar-refractivity contribution in [2.45, 2.75) is 52.5 Å². The highest BCUT2D eigenvalue weighted by Crippen LogP contribution is 2.29. The van der Waals surface area contributed by atoms with Crippen LogP contribution in [0.15, 0.2) is 59.5 Å². The number of rotatable bonds is 9. The molecule has 8 nitrogen and oxygen atoms in total. The number of carbonyl (C=O) groups is 1. The van der Waals surface area contributed by atoms with Gasteiger partial charge in [-0.3, -0.25) is 9.36 Å². The Hall–Kier alpha value is -3.81. The summed E-state index contributed by atoms with van der Waals surface area (Å²) in [5, 5.41) is 14.4. The molecule has 0 atom stereocenters. The van der Waals surface area contributed by atoms with Crippen molar-refractivity contribution < 1.29 is 4.79 Å². The fourth-order valence-corrected chi connectivity index (χ4v) is 3.94. The van der Waals surface area contributed by atoms with E-state index in [0.717, 1.165) is 47.2 Å². The van der Waals surface area contributed by atoms with Crippen molar-refractivity contribution in [3.05, 3.63) is 76.5 Å². The summed E-state index contributed by atoms with van der Waals surface area (Å²) in [6.45, 7) is 4.49. The topological polar surface area (TPSA) is 98.5 Å². The molecule has 170 valence electrons. The molecule has 0 radical (unpaired) electrons. The quantitative estimate of drug-likeness (QED) is 0.414. The van der Waals surface area contributed by atoms with Gasteiger partial charge in [0.1, 0.15) is 0 Å². The predicted molar refractivity (Wildman–Crippen MR) is 127 cm³/mol. The number of aromatic nitrogens is 6. The van der Waals surface area contributed by atoms with E-state index < -0.39 is 0 Å². The second-order valence-electron chi connectivity index (χ2n) is 8.08. The first-order valence-corrected chi connectivity index (χ1v) is 11.4. The molecule has 8 heteroatoms. The number of carbonyl (C=O) groups excluding carboxylic acids is 1. The smallest absolute Gasteiger partial charge is 0.292 e. The molecular formula is C25H28N6O2. The minimum absolute atomic E-state index is 0.146. The minimum Gasteiger partial charge on any atom is -0.292 e. The lowest BCUT2D eigenvalue weighted by atomic mass is 9.98. The van der Waals surface area contributed by atoms with Gasteiger partial charge in [0.05, 0.1) is 6.54 Å². The Labute approximate surface area is 192 Å². The fraction of sp³-hybridized carbons (Fsp3) is 0.320. The lowest BCUT2D eigenvalue weighted by molar-refractivity contribution is 0.0897.